The third-order valence-electron chi connectivity index (χ3n) is 5.07. The molecule has 0 aliphatic rings. The fourth-order valence-electron chi connectivity index (χ4n) is 3.58. The van der Waals surface area contributed by atoms with Gasteiger partial charge in [-0.25, -0.2) is 28.2 Å². The molecule has 0 atom stereocenters. The molecule has 0 spiro atoms. The number of hydrogen-bond acceptors (Lipinski definition) is 6. The number of aromatic nitrogens is 7. The molecular weight excluding hydrogens is 453 g/mol. The number of alkyl halides is 5. The zero-order chi connectivity index (χ0) is 22.8. The van der Waals surface area contributed by atoms with Gasteiger partial charge in [0.1, 0.15) is 21.6 Å². The van der Waals surface area contributed by atoms with Crippen LogP contribution in [-0.2, 0) is 19.1 Å². The molecule has 0 aliphatic heterocycles. The minimum atomic E-state index is -4.51. The van der Waals surface area contributed by atoms with Gasteiger partial charge in [0, 0.05) is 24.0 Å². The smallest absolute Gasteiger partial charge is 0.269 e. The average Bonchev–Trinajstić information content (AvgIpc) is 3.39. The highest BCUT2D eigenvalue weighted by molar-refractivity contribution is 7.26. The third kappa shape index (κ3) is 3.36. The van der Waals surface area contributed by atoms with Gasteiger partial charge < -0.3 is 0 Å². The molecule has 0 aliphatic carbocycles. The van der Waals surface area contributed by atoms with Crippen molar-refractivity contribution < 1.29 is 22.0 Å². The Morgan fingerprint density at radius 2 is 1.88 bits per heavy atom. The zero-order valence-electron chi connectivity index (χ0n) is 16.7. The normalized spacial score (nSPS) is 12.8. The predicted octanol–water partition coefficient (Wildman–Crippen LogP) is 4.90. The van der Waals surface area contributed by atoms with Crippen molar-refractivity contribution in [3.05, 3.63) is 46.9 Å². The van der Waals surface area contributed by atoms with Crippen LogP contribution in [0.5, 0.6) is 0 Å². The van der Waals surface area contributed by atoms with E-state index in [1.807, 2.05) is 0 Å². The number of pyridine rings is 1. The van der Waals surface area contributed by atoms with Crippen LogP contribution in [0.4, 0.5) is 22.0 Å². The first-order valence-electron chi connectivity index (χ1n) is 9.45. The zero-order valence-corrected chi connectivity index (χ0v) is 17.5. The quantitative estimate of drug-likeness (QED) is 0.352. The van der Waals surface area contributed by atoms with Crippen molar-refractivity contribution in [1.82, 2.24) is 34.3 Å². The van der Waals surface area contributed by atoms with Crippen LogP contribution >= 0.6 is 11.3 Å². The monoisotopic (exact) mass is 467 g/mol. The first kappa shape index (κ1) is 20.7. The number of hydrogen-bond donors (Lipinski definition) is 0. The van der Waals surface area contributed by atoms with Gasteiger partial charge in [0.25, 0.3) is 6.43 Å². The standard InChI is InChI=1S/C19H14F5N7S/c1-8-5-10(16(20)21)26-18-13(8)14-15(32-18)17-27-12(29-31(17)7-25-14)3-4-30-9(2)6-11(28-30)19(22,23)24/h5-7,16H,3-4H2,1-2H3. The Labute approximate surface area is 180 Å². The van der Waals surface area contributed by atoms with Crippen LogP contribution in [0.2, 0.25) is 0 Å². The van der Waals surface area contributed by atoms with Crippen molar-refractivity contribution in [3.63, 3.8) is 0 Å². The van der Waals surface area contributed by atoms with E-state index >= 15 is 0 Å². The van der Waals surface area contributed by atoms with Gasteiger partial charge in [-0.3, -0.25) is 4.68 Å². The second-order valence-electron chi connectivity index (χ2n) is 7.31. The lowest BCUT2D eigenvalue weighted by Crippen LogP contribution is -2.10. The lowest BCUT2D eigenvalue weighted by atomic mass is 10.1. The molecule has 0 fully saturated rings. The van der Waals surface area contributed by atoms with E-state index in [4.69, 9.17) is 0 Å². The molecule has 0 saturated heterocycles. The Balaban J connectivity index is 1.52. The molecule has 0 radical (unpaired) electrons. The predicted molar refractivity (Wildman–Crippen MR) is 107 cm³/mol. The van der Waals surface area contributed by atoms with Crippen LogP contribution in [0.25, 0.3) is 26.1 Å². The maximum Gasteiger partial charge on any atom is 0.435 e. The molecule has 0 amide bonds. The molecule has 0 unspecified atom stereocenters. The van der Waals surface area contributed by atoms with Crippen molar-refractivity contribution in [1.29, 1.82) is 0 Å². The highest BCUT2D eigenvalue weighted by atomic mass is 32.1. The number of halogens is 5. The van der Waals surface area contributed by atoms with E-state index in [9.17, 15) is 22.0 Å². The minimum Gasteiger partial charge on any atom is -0.269 e. The summed E-state index contributed by atoms with van der Waals surface area (Å²) in [6, 6.07) is 2.34. The van der Waals surface area contributed by atoms with Crippen LogP contribution in [0.3, 0.4) is 0 Å². The summed E-state index contributed by atoms with van der Waals surface area (Å²) in [5.74, 6) is 0.401. The Kier molecular flexibility index (Phi) is 4.62. The van der Waals surface area contributed by atoms with E-state index in [0.717, 1.165) is 6.07 Å². The van der Waals surface area contributed by atoms with E-state index in [0.29, 0.717) is 43.2 Å². The lowest BCUT2D eigenvalue weighted by Gasteiger charge is -2.02. The van der Waals surface area contributed by atoms with Crippen LogP contribution in [0, 0.1) is 13.8 Å². The molecule has 5 aromatic heterocycles. The molecule has 0 bridgehead atoms. The molecular formula is C19H14F5N7S. The Bertz CT molecular complexity index is 1480. The Morgan fingerprint density at radius 1 is 1.09 bits per heavy atom. The van der Waals surface area contributed by atoms with Crippen molar-refractivity contribution in [2.75, 3.05) is 0 Å². The molecule has 0 saturated carbocycles. The molecule has 0 aromatic carbocycles. The third-order valence-corrected chi connectivity index (χ3v) is 6.14. The molecule has 166 valence electrons. The summed E-state index contributed by atoms with van der Waals surface area (Å²) in [4.78, 5) is 13.4. The first-order chi connectivity index (χ1) is 15.1. The maximum absolute atomic E-state index is 13.1. The highest BCUT2D eigenvalue weighted by Crippen LogP contribution is 2.36. The average molecular weight is 467 g/mol. The molecule has 13 heteroatoms. The summed E-state index contributed by atoms with van der Waals surface area (Å²) < 4.78 is 68.2. The summed E-state index contributed by atoms with van der Waals surface area (Å²) in [5, 5.41) is 8.65. The molecule has 5 aromatic rings. The highest BCUT2D eigenvalue weighted by Gasteiger charge is 2.34. The summed E-state index contributed by atoms with van der Waals surface area (Å²) in [5.41, 5.74) is 0.862. The maximum atomic E-state index is 13.1. The van der Waals surface area contributed by atoms with E-state index in [2.05, 4.69) is 25.1 Å². The number of fused-ring (bicyclic) bond motifs is 5. The fraction of sp³-hybridized carbons (Fsp3) is 0.316. The molecule has 7 nitrogen and oxygen atoms in total. The molecule has 32 heavy (non-hydrogen) atoms. The summed E-state index contributed by atoms with van der Waals surface area (Å²) >= 11 is 1.20. The van der Waals surface area contributed by atoms with Crippen LogP contribution in [-0.4, -0.2) is 34.3 Å². The topological polar surface area (TPSA) is 73.8 Å². The Morgan fingerprint density at radius 3 is 2.56 bits per heavy atom. The van der Waals surface area contributed by atoms with E-state index in [-0.39, 0.29) is 18.7 Å². The van der Waals surface area contributed by atoms with Crippen molar-refractivity contribution in [2.24, 2.45) is 0 Å². The first-order valence-corrected chi connectivity index (χ1v) is 10.3. The van der Waals surface area contributed by atoms with Crippen molar-refractivity contribution in [3.8, 4) is 0 Å². The van der Waals surface area contributed by atoms with E-state index < -0.39 is 18.3 Å². The van der Waals surface area contributed by atoms with Crippen LogP contribution < -0.4 is 0 Å². The van der Waals surface area contributed by atoms with Gasteiger partial charge in [-0.2, -0.15) is 18.3 Å². The second-order valence-corrected chi connectivity index (χ2v) is 8.31. The van der Waals surface area contributed by atoms with Gasteiger partial charge in [-0.1, -0.05) is 0 Å². The molecule has 5 heterocycles. The second kappa shape index (κ2) is 7.15. The van der Waals surface area contributed by atoms with Gasteiger partial charge in [0.2, 0.25) is 0 Å². The number of rotatable bonds is 4. The minimum absolute atomic E-state index is 0.167. The van der Waals surface area contributed by atoms with E-state index in [1.165, 1.54) is 32.9 Å². The summed E-state index contributed by atoms with van der Waals surface area (Å²) in [6.07, 6.45) is -5.46. The fourth-order valence-corrected chi connectivity index (χ4v) is 4.76. The SMILES string of the molecule is Cc1cc(C(F)F)nc2sc3c(ncn4nc(CCn5nc(C(F)(F)F)cc5C)nc34)c12. The van der Waals surface area contributed by atoms with Crippen molar-refractivity contribution in [2.45, 2.75) is 39.4 Å². The van der Waals surface area contributed by atoms with E-state index in [1.54, 1.807) is 13.8 Å². The van der Waals surface area contributed by atoms with Crippen LogP contribution in [0.1, 0.15) is 34.9 Å². The lowest BCUT2D eigenvalue weighted by molar-refractivity contribution is -0.141. The number of aryl methyl sites for hydroxylation is 4. The van der Waals surface area contributed by atoms with Gasteiger partial charge in [-0.05, 0) is 31.5 Å². The molecule has 0 N–H and O–H groups in total. The largest absolute Gasteiger partial charge is 0.435 e. The van der Waals surface area contributed by atoms with Gasteiger partial charge in [0.05, 0.1) is 5.52 Å². The number of thiophene rings is 1. The number of nitrogens with zero attached hydrogens (tertiary/aromatic N) is 7. The molecule has 5 rings (SSSR count). The van der Waals surface area contributed by atoms with Gasteiger partial charge in [0.15, 0.2) is 17.2 Å². The van der Waals surface area contributed by atoms with Crippen molar-refractivity contribution >= 4 is 37.4 Å². The summed E-state index contributed by atoms with van der Waals surface area (Å²) in [6.45, 7) is 3.44. The van der Waals surface area contributed by atoms with Crippen LogP contribution in [0.15, 0.2) is 18.5 Å². The summed E-state index contributed by atoms with van der Waals surface area (Å²) in [7, 11) is 0. The Hall–Kier alpha value is -3.22. The van der Waals surface area contributed by atoms with Gasteiger partial charge >= 0.3 is 6.18 Å². The van der Waals surface area contributed by atoms with Gasteiger partial charge in [-0.15, -0.1) is 16.4 Å².